The number of alkyl halides is 3. The Labute approximate surface area is 118 Å². The third-order valence-electron chi connectivity index (χ3n) is 2.81. The van der Waals surface area contributed by atoms with Crippen LogP contribution in [0.3, 0.4) is 0 Å². The van der Waals surface area contributed by atoms with Gasteiger partial charge < -0.3 is 5.43 Å². The summed E-state index contributed by atoms with van der Waals surface area (Å²) in [6.07, 6.45) is -3.76. The van der Waals surface area contributed by atoms with E-state index in [0.29, 0.717) is 17.0 Å². The molecule has 1 heterocycles. The van der Waals surface area contributed by atoms with Gasteiger partial charge >= 0.3 is 6.18 Å². The molecular weight excluding hydrogens is 289 g/mol. The van der Waals surface area contributed by atoms with Crippen LogP contribution in [0.25, 0.3) is 0 Å². The number of rotatable bonds is 4. The summed E-state index contributed by atoms with van der Waals surface area (Å²) in [5.41, 5.74) is 2.37. The molecule has 0 saturated carbocycles. The van der Waals surface area contributed by atoms with Crippen LogP contribution in [0.5, 0.6) is 0 Å². The van der Waals surface area contributed by atoms with Crippen LogP contribution < -0.4 is 5.43 Å². The summed E-state index contributed by atoms with van der Waals surface area (Å²) in [6, 6.07) is 5.44. The molecule has 1 aromatic heterocycles. The molecule has 8 heteroatoms. The first-order chi connectivity index (χ1) is 9.43. The number of halogens is 3. The number of hydrogen-bond acceptors (Lipinski definition) is 3. The third-order valence-corrected chi connectivity index (χ3v) is 3.08. The molecule has 0 aliphatic rings. The zero-order valence-corrected chi connectivity index (χ0v) is 11.5. The van der Waals surface area contributed by atoms with E-state index in [2.05, 4.69) is 15.6 Å². The molecule has 0 atom stereocenters. The predicted molar refractivity (Wildman–Crippen MR) is 71.3 cm³/mol. The largest absolute Gasteiger partial charge is 0.416 e. The minimum absolute atomic E-state index is 0.0104. The summed E-state index contributed by atoms with van der Waals surface area (Å²) in [4.78, 5) is 0. The van der Waals surface area contributed by atoms with Gasteiger partial charge in [-0.2, -0.15) is 18.3 Å². The molecule has 0 aliphatic carbocycles. The summed E-state index contributed by atoms with van der Waals surface area (Å²) in [7, 11) is 0. The highest BCUT2D eigenvalue weighted by Crippen LogP contribution is 2.31. The first-order valence-electron chi connectivity index (χ1n) is 5.98. The van der Waals surface area contributed by atoms with Gasteiger partial charge in [0, 0.05) is 6.42 Å². The zero-order chi connectivity index (χ0) is 14.8. The Morgan fingerprint density at radius 2 is 2.05 bits per heavy atom. The molecule has 2 rings (SSSR count). The Morgan fingerprint density at radius 3 is 2.70 bits per heavy atom. The Morgan fingerprint density at radius 1 is 1.35 bits per heavy atom. The van der Waals surface area contributed by atoms with E-state index >= 15 is 0 Å². The third kappa shape index (κ3) is 3.01. The minimum Gasteiger partial charge on any atom is -0.318 e. The van der Waals surface area contributed by atoms with Crippen molar-refractivity contribution in [2.75, 3.05) is 5.43 Å². The van der Waals surface area contributed by atoms with Crippen molar-refractivity contribution < 1.29 is 13.2 Å². The van der Waals surface area contributed by atoms with E-state index in [0.717, 1.165) is 6.07 Å². The van der Waals surface area contributed by atoms with Gasteiger partial charge in [0.15, 0.2) is 5.82 Å². The second-order valence-corrected chi connectivity index (χ2v) is 4.51. The number of hydrogen-bond donors (Lipinski definition) is 2. The molecular formula is C12H13F3N4S. The molecule has 0 unspecified atom stereocenters. The Kier molecular flexibility index (Phi) is 4.12. The van der Waals surface area contributed by atoms with Crippen LogP contribution >= 0.6 is 12.2 Å². The maximum Gasteiger partial charge on any atom is 0.416 e. The first-order valence-corrected chi connectivity index (χ1v) is 6.39. The van der Waals surface area contributed by atoms with Gasteiger partial charge in [0.2, 0.25) is 4.77 Å². The lowest BCUT2D eigenvalue weighted by molar-refractivity contribution is -0.138. The van der Waals surface area contributed by atoms with E-state index < -0.39 is 11.7 Å². The molecule has 4 nitrogen and oxygen atoms in total. The maximum atomic E-state index is 12.9. The van der Waals surface area contributed by atoms with Gasteiger partial charge in [-0.1, -0.05) is 25.1 Å². The van der Waals surface area contributed by atoms with Crippen molar-refractivity contribution >= 4 is 12.2 Å². The average molecular weight is 302 g/mol. The van der Waals surface area contributed by atoms with Crippen molar-refractivity contribution in [2.24, 2.45) is 0 Å². The van der Waals surface area contributed by atoms with Crippen molar-refractivity contribution in [3.63, 3.8) is 0 Å². The highest BCUT2D eigenvalue weighted by molar-refractivity contribution is 7.71. The zero-order valence-electron chi connectivity index (χ0n) is 10.7. The maximum absolute atomic E-state index is 12.9. The summed E-state index contributed by atoms with van der Waals surface area (Å²) in [5.74, 6) is 0.638. The number of aromatic amines is 1. The van der Waals surface area contributed by atoms with Gasteiger partial charge in [-0.25, -0.2) is 4.68 Å². The summed E-state index contributed by atoms with van der Waals surface area (Å²) < 4.78 is 40.4. The van der Waals surface area contributed by atoms with Gasteiger partial charge in [0.25, 0.3) is 0 Å². The molecule has 2 N–H and O–H groups in total. The Bertz CT molecular complexity index is 645. The van der Waals surface area contributed by atoms with E-state index in [9.17, 15) is 13.2 Å². The summed E-state index contributed by atoms with van der Waals surface area (Å²) in [5, 5.41) is 6.58. The fraction of sp³-hybridized carbons (Fsp3) is 0.333. The Balaban J connectivity index is 2.24. The van der Waals surface area contributed by atoms with Crippen molar-refractivity contribution in [1.82, 2.24) is 14.9 Å². The number of nitrogens with zero attached hydrogens (tertiary/aromatic N) is 2. The van der Waals surface area contributed by atoms with Crippen LogP contribution in [0.4, 0.5) is 13.2 Å². The van der Waals surface area contributed by atoms with Crippen LogP contribution in [0.2, 0.25) is 0 Å². The van der Waals surface area contributed by atoms with E-state index in [1.54, 1.807) is 6.07 Å². The smallest absolute Gasteiger partial charge is 0.318 e. The molecule has 0 bridgehead atoms. The molecule has 2 aromatic rings. The number of nitrogens with one attached hydrogen (secondary N) is 2. The summed E-state index contributed by atoms with van der Waals surface area (Å²) >= 11 is 5.02. The van der Waals surface area contributed by atoms with E-state index in [-0.39, 0.29) is 12.1 Å². The van der Waals surface area contributed by atoms with Crippen molar-refractivity contribution in [3.8, 4) is 0 Å². The first kappa shape index (κ1) is 14.6. The van der Waals surface area contributed by atoms with E-state index in [1.807, 2.05) is 6.92 Å². The lowest BCUT2D eigenvalue weighted by atomic mass is 10.1. The van der Waals surface area contributed by atoms with Crippen LogP contribution in [0.1, 0.15) is 23.9 Å². The second-order valence-electron chi connectivity index (χ2n) is 4.12. The standard InChI is InChI=1S/C12H13F3N4S/c1-2-10-17-18-11(20)19(10)16-7-8-5-3-4-6-9(8)12(13,14)15/h3-6,16H,2,7H2,1H3,(H,18,20). The summed E-state index contributed by atoms with van der Waals surface area (Å²) in [6.45, 7) is 1.89. The van der Waals surface area contributed by atoms with Gasteiger partial charge in [-0.05, 0) is 23.8 Å². The average Bonchev–Trinajstić information content (AvgIpc) is 2.76. The van der Waals surface area contributed by atoms with Crippen LogP contribution in [-0.4, -0.2) is 14.9 Å². The lowest BCUT2D eigenvalue weighted by Crippen LogP contribution is -2.19. The van der Waals surface area contributed by atoms with Crippen LogP contribution in [0, 0.1) is 4.77 Å². The molecule has 0 aliphatic heterocycles. The van der Waals surface area contributed by atoms with Gasteiger partial charge in [-0.15, -0.1) is 0 Å². The molecule has 0 spiro atoms. The van der Waals surface area contributed by atoms with Crippen molar-refractivity contribution in [3.05, 3.63) is 46.0 Å². The van der Waals surface area contributed by atoms with Crippen molar-refractivity contribution in [1.29, 1.82) is 0 Å². The topological polar surface area (TPSA) is 45.6 Å². The molecule has 0 radical (unpaired) electrons. The predicted octanol–water partition coefficient (Wildman–Crippen LogP) is 3.27. The number of aromatic nitrogens is 3. The number of H-pyrrole nitrogens is 1. The van der Waals surface area contributed by atoms with Gasteiger partial charge in [-0.3, -0.25) is 5.10 Å². The molecule has 0 fully saturated rings. The number of benzene rings is 1. The quantitative estimate of drug-likeness (QED) is 0.852. The molecule has 20 heavy (non-hydrogen) atoms. The Hall–Kier alpha value is -1.83. The van der Waals surface area contributed by atoms with Gasteiger partial charge in [0.1, 0.15) is 0 Å². The highest BCUT2D eigenvalue weighted by atomic mass is 32.1. The number of aryl methyl sites for hydroxylation is 1. The highest BCUT2D eigenvalue weighted by Gasteiger charge is 2.32. The van der Waals surface area contributed by atoms with Crippen LogP contribution in [0.15, 0.2) is 24.3 Å². The minimum atomic E-state index is -4.37. The van der Waals surface area contributed by atoms with Crippen molar-refractivity contribution in [2.45, 2.75) is 26.1 Å². The normalized spacial score (nSPS) is 11.6. The molecule has 0 amide bonds. The molecule has 108 valence electrons. The van der Waals surface area contributed by atoms with E-state index in [4.69, 9.17) is 12.2 Å². The van der Waals surface area contributed by atoms with Gasteiger partial charge in [0.05, 0.1) is 12.1 Å². The van der Waals surface area contributed by atoms with Crippen LogP contribution in [-0.2, 0) is 19.1 Å². The monoisotopic (exact) mass is 302 g/mol. The fourth-order valence-electron chi connectivity index (χ4n) is 1.85. The fourth-order valence-corrected chi connectivity index (χ4v) is 2.06. The second kappa shape index (κ2) is 5.66. The SMILES string of the molecule is CCc1n[nH]c(=S)n1NCc1ccccc1C(F)(F)F. The molecule has 1 aromatic carbocycles. The van der Waals surface area contributed by atoms with E-state index in [1.165, 1.54) is 16.8 Å². The lowest BCUT2D eigenvalue weighted by Gasteiger charge is -2.14. The molecule has 0 saturated heterocycles.